The molecule has 2 aliphatic rings. The largest absolute Gasteiger partial charge is 0.510 e. The van der Waals surface area contributed by atoms with Crippen LogP contribution in [0.5, 0.6) is 0 Å². The monoisotopic (exact) mass is 331 g/mol. The van der Waals surface area contributed by atoms with E-state index in [1.165, 1.54) is 11.3 Å². The fraction of sp³-hybridized carbons (Fsp3) is 0.250. The van der Waals surface area contributed by atoms with E-state index in [4.69, 9.17) is 17.0 Å². The molecule has 1 aliphatic carbocycles. The number of nitrogens with zero attached hydrogens (tertiary/aromatic N) is 2. The number of aromatic nitrogens is 1. The molecule has 1 aromatic carbocycles. The third-order valence-electron chi connectivity index (χ3n) is 3.96. The molecular formula is C16H14ClN3OS. The first-order chi connectivity index (χ1) is 10.6. The van der Waals surface area contributed by atoms with Crippen LogP contribution in [0.25, 0.3) is 16.8 Å². The van der Waals surface area contributed by atoms with Gasteiger partial charge in [0.1, 0.15) is 16.6 Å². The van der Waals surface area contributed by atoms with E-state index in [0.29, 0.717) is 34.0 Å². The molecule has 22 heavy (non-hydrogen) atoms. The predicted octanol–water partition coefficient (Wildman–Crippen LogP) is 4.19. The molecule has 1 saturated carbocycles. The minimum absolute atomic E-state index is 0.254. The highest BCUT2D eigenvalue weighted by Gasteiger charge is 2.39. The third-order valence-corrected chi connectivity index (χ3v) is 5.05. The Balaban J connectivity index is 1.67. The summed E-state index contributed by atoms with van der Waals surface area (Å²) in [4.78, 5) is 6.56. The van der Waals surface area contributed by atoms with Crippen LogP contribution in [-0.4, -0.2) is 33.4 Å². The van der Waals surface area contributed by atoms with Gasteiger partial charge < -0.3 is 10.0 Å². The summed E-state index contributed by atoms with van der Waals surface area (Å²) in [6.07, 6.45) is 2.21. The standard InChI is InChI=1S/C16H14ClN3OS/c17-10-3-1-2-9(6-10)12-8-22-16(19-12)14-13(21)7-20(15(14)18)11-4-5-11/h1-3,6,8,11,18,21H,4-5,7H2. The number of thiazole rings is 1. The molecule has 0 bridgehead atoms. The maximum absolute atomic E-state index is 10.2. The molecule has 0 amide bonds. The summed E-state index contributed by atoms with van der Waals surface area (Å²) >= 11 is 7.47. The van der Waals surface area contributed by atoms with Gasteiger partial charge in [-0.15, -0.1) is 11.3 Å². The number of hydrogen-bond acceptors (Lipinski definition) is 4. The van der Waals surface area contributed by atoms with Gasteiger partial charge >= 0.3 is 0 Å². The number of hydrogen-bond donors (Lipinski definition) is 2. The predicted molar refractivity (Wildman–Crippen MR) is 89.6 cm³/mol. The second-order valence-corrected chi connectivity index (χ2v) is 6.87. The highest BCUT2D eigenvalue weighted by Crippen LogP contribution is 2.37. The molecule has 1 aromatic heterocycles. The van der Waals surface area contributed by atoms with Gasteiger partial charge in [-0.05, 0) is 25.0 Å². The molecule has 2 N–H and O–H groups in total. The zero-order valence-electron chi connectivity index (χ0n) is 11.7. The van der Waals surface area contributed by atoms with Crippen molar-refractivity contribution < 1.29 is 5.11 Å². The maximum atomic E-state index is 10.2. The number of aliphatic hydroxyl groups is 1. The van der Waals surface area contributed by atoms with Crippen LogP contribution < -0.4 is 0 Å². The summed E-state index contributed by atoms with van der Waals surface area (Å²) in [6.45, 7) is 0.435. The Kier molecular flexibility index (Phi) is 3.20. The molecule has 0 spiro atoms. The number of aliphatic hydroxyl groups excluding tert-OH is 1. The zero-order chi connectivity index (χ0) is 15.3. The van der Waals surface area contributed by atoms with Gasteiger partial charge in [0.2, 0.25) is 0 Å². The van der Waals surface area contributed by atoms with Crippen LogP contribution in [0, 0.1) is 5.41 Å². The molecule has 4 rings (SSSR count). The fourth-order valence-electron chi connectivity index (χ4n) is 2.69. The summed E-state index contributed by atoms with van der Waals surface area (Å²) < 4.78 is 0. The normalized spacial score (nSPS) is 18.4. The lowest BCUT2D eigenvalue weighted by Crippen LogP contribution is -2.28. The first-order valence-electron chi connectivity index (χ1n) is 7.13. The molecule has 0 unspecified atom stereocenters. The highest BCUT2D eigenvalue weighted by atomic mass is 35.5. The Morgan fingerprint density at radius 1 is 1.36 bits per heavy atom. The topological polar surface area (TPSA) is 60.2 Å². The zero-order valence-corrected chi connectivity index (χ0v) is 13.3. The van der Waals surface area contributed by atoms with E-state index in [1.54, 1.807) is 0 Å². The van der Waals surface area contributed by atoms with E-state index >= 15 is 0 Å². The van der Waals surface area contributed by atoms with Crippen molar-refractivity contribution in [1.29, 1.82) is 5.41 Å². The molecule has 1 aliphatic heterocycles. The molecule has 4 nitrogen and oxygen atoms in total. The minimum Gasteiger partial charge on any atom is -0.510 e. The molecule has 1 fully saturated rings. The number of halogens is 1. The van der Waals surface area contributed by atoms with Gasteiger partial charge in [0.15, 0.2) is 0 Å². The molecule has 6 heteroatoms. The summed E-state index contributed by atoms with van der Waals surface area (Å²) in [6, 6.07) is 7.95. The van der Waals surface area contributed by atoms with Crippen LogP contribution in [0.15, 0.2) is 35.4 Å². The lowest BCUT2D eigenvalue weighted by molar-refractivity contribution is 0.345. The average Bonchev–Trinajstić information content (AvgIpc) is 3.14. The maximum Gasteiger partial charge on any atom is 0.135 e. The van der Waals surface area contributed by atoms with Crippen molar-refractivity contribution in [2.24, 2.45) is 0 Å². The summed E-state index contributed by atoms with van der Waals surface area (Å²) in [7, 11) is 0. The molecule has 2 aromatic rings. The molecule has 112 valence electrons. The van der Waals surface area contributed by atoms with Crippen molar-refractivity contribution in [2.45, 2.75) is 18.9 Å². The second kappa shape index (κ2) is 5.11. The van der Waals surface area contributed by atoms with E-state index < -0.39 is 0 Å². The quantitative estimate of drug-likeness (QED) is 0.886. The SMILES string of the molecule is N=C1C(c2nc(-c3cccc(Cl)c3)cs2)=C(O)CN1C1CC1. The van der Waals surface area contributed by atoms with E-state index in [1.807, 2.05) is 34.5 Å². The van der Waals surface area contributed by atoms with Gasteiger partial charge in [-0.25, -0.2) is 4.98 Å². The third kappa shape index (κ3) is 2.30. The minimum atomic E-state index is 0.254. The number of rotatable bonds is 3. The van der Waals surface area contributed by atoms with Crippen molar-refractivity contribution in [3.05, 3.63) is 45.4 Å². The van der Waals surface area contributed by atoms with Gasteiger partial charge in [0.05, 0.1) is 17.8 Å². The first kappa shape index (κ1) is 13.8. The van der Waals surface area contributed by atoms with E-state index in [9.17, 15) is 5.11 Å². The van der Waals surface area contributed by atoms with Crippen LogP contribution in [0.2, 0.25) is 5.02 Å². The Bertz CT molecular complexity index is 794. The molecule has 0 radical (unpaired) electrons. The Morgan fingerprint density at radius 3 is 2.91 bits per heavy atom. The summed E-state index contributed by atoms with van der Waals surface area (Å²) in [5.74, 6) is 0.649. The lowest BCUT2D eigenvalue weighted by atomic mass is 10.2. The van der Waals surface area contributed by atoms with Crippen LogP contribution in [-0.2, 0) is 0 Å². The molecule has 0 saturated heterocycles. The van der Waals surface area contributed by atoms with Crippen molar-refractivity contribution in [1.82, 2.24) is 9.88 Å². The average molecular weight is 332 g/mol. The molecule has 0 atom stereocenters. The van der Waals surface area contributed by atoms with Gasteiger partial charge in [-0.2, -0.15) is 0 Å². The number of nitrogens with one attached hydrogen (secondary N) is 1. The van der Waals surface area contributed by atoms with Gasteiger partial charge in [-0.1, -0.05) is 23.7 Å². The Morgan fingerprint density at radius 2 is 2.18 bits per heavy atom. The van der Waals surface area contributed by atoms with Crippen molar-refractivity contribution in [3.8, 4) is 11.3 Å². The molecule has 2 heterocycles. The van der Waals surface area contributed by atoms with Crippen molar-refractivity contribution >= 4 is 34.3 Å². The second-order valence-electron chi connectivity index (χ2n) is 5.58. The smallest absolute Gasteiger partial charge is 0.135 e. The lowest BCUT2D eigenvalue weighted by Gasteiger charge is -2.16. The van der Waals surface area contributed by atoms with E-state index in [2.05, 4.69) is 4.98 Å². The number of amidine groups is 1. The fourth-order valence-corrected chi connectivity index (χ4v) is 3.78. The van der Waals surface area contributed by atoms with Crippen LogP contribution in [0.4, 0.5) is 0 Å². The van der Waals surface area contributed by atoms with Crippen LogP contribution in [0.1, 0.15) is 17.8 Å². The van der Waals surface area contributed by atoms with Crippen molar-refractivity contribution in [2.75, 3.05) is 6.54 Å². The van der Waals surface area contributed by atoms with Gasteiger partial charge in [0, 0.05) is 22.0 Å². The van der Waals surface area contributed by atoms with E-state index in [0.717, 1.165) is 24.1 Å². The number of benzene rings is 1. The van der Waals surface area contributed by atoms with Crippen LogP contribution >= 0.6 is 22.9 Å². The van der Waals surface area contributed by atoms with E-state index in [-0.39, 0.29) is 5.76 Å². The highest BCUT2D eigenvalue weighted by molar-refractivity contribution is 7.11. The summed E-state index contributed by atoms with van der Waals surface area (Å²) in [5.41, 5.74) is 2.34. The Hall–Kier alpha value is -1.85. The van der Waals surface area contributed by atoms with Crippen molar-refractivity contribution in [3.63, 3.8) is 0 Å². The Labute approximate surface area is 137 Å². The van der Waals surface area contributed by atoms with Crippen LogP contribution in [0.3, 0.4) is 0 Å². The van der Waals surface area contributed by atoms with Gasteiger partial charge in [-0.3, -0.25) is 5.41 Å². The molecular weight excluding hydrogens is 318 g/mol. The first-order valence-corrected chi connectivity index (χ1v) is 8.39. The summed E-state index contributed by atoms with van der Waals surface area (Å²) in [5, 5.41) is 21.8. The van der Waals surface area contributed by atoms with Gasteiger partial charge in [0.25, 0.3) is 0 Å².